The fourth-order valence-corrected chi connectivity index (χ4v) is 1.67. The zero-order valence-electron chi connectivity index (χ0n) is 8.88. The molecular weight excluding hydrogens is 283 g/mol. The molecule has 0 amide bonds. The van der Waals surface area contributed by atoms with Crippen LogP contribution in [0.5, 0.6) is 11.5 Å². The molecule has 0 radical (unpaired) electrons. The number of anilines is 1. The number of halogens is 4. The average molecular weight is 290 g/mol. The number of hydrogen-bond acceptors (Lipinski definition) is 2. The number of hydrogen-bond donors (Lipinski definition) is 1. The molecule has 18 heavy (non-hydrogen) atoms. The summed E-state index contributed by atoms with van der Waals surface area (Å²) < 4.78 is 31.2. The van der Waals surface area contributed by atoms with Crippen LogP contribution in [-0.4, -0.2) is 0 Å². The monoisotopic (exact) mass is 289 g/mol. The Morgan fingerprint density at radius 3 is 2.06 bits per heavy atom. The molecule has 2 N–H and O–H groups in total. The summed E-state index contributed by atoms with van der Waals surface area (Å²) in [6, 6.07) is 5.58. The molecule has 0 heterocycles. The molecule has 2 aromatic rings. The largest absolute Gasteiger partial charge is 0.455 e. The molecule has 0 atom stereocenters. The van der Waals surface area contributed by atoms with E-state index in [-0.39, 0.29) is 27.2 Å². The van der Waals surface area contributed by atoms with Gasteiger partial charge in [-0.3, -0.25) is 0 Å². The summed E-state index contributed by atoms with van der Waals surface area (Å²) in [5.41, 5.74) is 5.88. The van der Waals surface area contributed by atoms with E-state index in [9.17, 15) is 8.78 Å². The summed E-state index contributed by atoms with van der Waals surface area (Å²) >= 11 is 11.6. The Labute approximate surface area is 112 Å². The van der Waals surface area contributed by atoms with Gasteiger partial charge < -0.3 is 10.5 Å². The molecule has 0 unspecified atom stereocenters. The first-order valence-corrected chi connectivity index (χ1v) is 5.60. The van der Waals surface area contributed by atoms with Crippen molar-refractivity contribution in [2.75, 3.05) is 5.73 Å². The fourth-order valence-electron chi connectivity index (χ4n) is 1.35. The minimum Gasteiger partial charge on any atom is -0.455 e. The Hall–Kier alpha value is -1.52. The SMILES string of the molecule is Nc1cc(Cl)c(Cl)cc1Oc1cc(F)cc(F)c1. The van der Waals surface area contributed by atoms with Gasteiger partial charge in [-0.05, 0) is 6.07 Å². The summed E-state index contributed by atoms with van der Waals surface area (Å²) in [6.45, 7) is 0. The lowest BCUT2D eigenvalue weighted by molar-refractivity contribution is 0.470. The van der Waals surface area contributed by atoms with Crippen LogP contribution in [0.4, 0.5) is 14.5 Å². The van der Waals surface area contributed by atoms with Gasteiger partial charge >= 0.3 is 0 Å². The van der Waals surface area contributed by atoms with Crippen molar-refractivity contribution < 1.29 is 13.5 Å². The Balaban J connectivity index is 2.36. The lowest BCUT2D eigenvalue weighted by Crippen LogP contribution is -1.93. The van der Waals surface area contributed by atoms with Crippen LogP contribution in [-0.2, 0) is 0 Å². The second kappa shape index (κ2) is 5.00. The predicted octanol–water partition coefficient (Wildman–Crippen LogP) is 4.65. The van der Waals surface area contributed by atoms with E-state index >= 15 is 0 Å². The van der Waals surface area contributed by atoms with Gasteiger partial charge in [-0.1, -0.05) is 23.2 Å². The third-order valence-corrected chi connectivity index (χ3v) is 2.84. The van der Waals surface area contributed by atoms with E-state index < -0.39 is 11.6 Å². The molecule has 0 aliphatic carbocycles. The zero-order valence-corrected chi connectivity index (χ0v) is 10.4. The molecule has 94 valence electrons. The summed E-state index contributed by atoms with van der Waals surface area (Å²) in [6.07, 6.45) is 0. The number of nitrogen functional groups attached to an aromatic ring is 1. The molecule has 0 aliphatic heterocycles. The minimum absolute atomic E-state index is 0.0161. The molecule has 0 spiro atoms. The maximum atomic E-state index is 13.0. The summed E-state index contributed by atoms with van der Waals surface area (Å²) in [4.78, 5) is 0. The van der Waals surface area contributed by atoms with Gasteiger partial charge in [0.25, 0.3) is 0 Å². The van der Waals surface area contributed by atoms with Crippen LogP contribution < -0.4 is 10.5 Å². The van der Waals surface area contributed by atoms with Gasteiger partial charge in [0.1, 0.15) is 17.4 Å². The molecule has 2 nitrogen and oxygen atoms in total. The molecular formula is C12H7Cl2F2NO. The Kier molecular flexibility index (Phi) is 3.59. The second-order valence-corrected chi connectivity index (χ2v) is 4.33. The minimum atomic E-state index is -0.747. The Morgan fingerprint density at radius 2 is 1.44 bits per heavy atom. The quantitative estimate of drug-likeness (QED) is 0.817. The number of benzene rings is 2. The standard InChI is InChI=1S/C12H7Cl2F2NO/c13-9-4-11(17)12(5-10(9)14)18-8-2-6(15)1-7(16)3-8/h1-5H,17H2. The first-order chi connectivity index (χ1) is 8.45. The summed E-state index contributed by atoms with van der Waals surface area (Å²) in [7, 11) is 0. The highest BCUT2D eigenvalue weighted by molar-refractivity contribution is 6.42. The first kappa shape index (κ1) is 12.9. The van der Waals surface area contributed by atoms with E-state index in [1.807, 2.05) is 0 Å². The van der Waals surface area contributed by atoms with Crippen molar-refractivity contribution in [2.45, 2.75) is 0 Å². The van der Waals surface area contributed by atoms with E-state index in [4.69, 9.17) is 33.7 Å². The average Bonchev–Trinajstić information content (AvgIpc) is 2.24. The molecule has 2 aromatic carbocycles. The van der Waals surface area contributed by atoms with E-state index in [0.717, 1.165) is 18.2 Å². The third kappa shape index (κ3) is 2.83. The van der Waals surface area contributed by atoms with Gasteiger partial charge in [-0.15, -0.1) is 0 Å². The van der Waals surface area contributed by atoms with Gasteiger partial charge in [0.2, 0.25) is 0 Å². The van der Waals surface area contributed by atoms with E-state index in [0.29, 0.717) is 0 Å². The van der Waals surface area contributed by atoms with E-state index in [2.05, 4.69) is 0 Å². The zero-order chi connectivity index (χ0) is 13.3. The molecule has 0 saturated heterocycles. The smallest absolute Gasteiger partial charge is 0.151 e. The topological polar surface area (TPSA) is 35.2 Å². The number of rotatable bonds is 2. The third-order valence-electron chi connectivity index (χ3n) is 2.12. The molecule has 0 saturated carbocycles. The van der Waals surface area contributed by atoms with Crippen LogP contribution in [0, 0.1) is 11.6 Å². The van der Waals surface area contributed by atoms with Crippen LogP contribution in [0.2, 0.25) is 10.0 Å². The molecule has 0 aromatic heterocycles. The van der Waals surface area contributed by atoms with E-state index in [1.165, 1.54) is 12.1 Å². The van der Waals surface area contributed by atoms with Gasteiger partial charge in [0.15, 0.2) is 5.75 Å². The van der Waals surface area contributed by atoms with Crippen LogP contribution in [0.1, 0.15) is 0 Å². The maximum Gasteiger partial charge on any atom is 0.151 e. The van der Waals surface area contributed by atoms with Crippen LogP contribution >= 0.6 is 23.2 Å². The normalized spacial score (nSPS) is 10.4. The van der Waals surface area contributed by atoms with E-state index in [1.54, 1.807) is 0 Å². The lowest BCUT2D eigenvalue weighted by Gasteiger charge is -2.10. The number of ether oxygens (including phenoxy) is 1. The van der Waals surface area contributed by atoms with Crippen LogP contribution in [0.15, 0.2) is 30.3 Å². The van der Waals surface area contributed by atoms with Crippen molar-refractivity contribution in [3.8, 4) is 11.5 Å². The molecule has 2 rings (SSSR count). The second-order valence-electron chi connectivity index (χ2n) is 3.51. The van der Waals surface area contributed by atoms with Crippen molar-refractivity contribution >= 4 is 28.9 Å². The van der Waals surface area contributed by atoms with Crippen LogP contribution in [0.25, 0.3) is 0 Å². The Morgan fingerprint density at radius 1 is 0.889 bits per heavy atom. The van der Waals surface area contributed by atoms with Gasteiger partial charge in [-0.25, -0.2) is 8.78 Å². The van der Waals surface area contributed by atoms with Gasteiger partial charge in [0, 0.05) is 24.3 Å². The first-order valence-electron chi connectivity index (χ1n) is 4.84. The summed E-state index contributed by atoms with van der Waals surface area (Å²) in [5, 5.41) is 0.504. The molecule has 0 fully saturated rings. The van der Waals surface area contributed by atoms with Crippen LogP contribution in [0.3, 0.4) is 0 Å². The number of nitrogens with two attached hydrogens (primary N) is 1. The fraction of sp³-hybridized carbons (Fsp3) is 0. The molecule has 0 aliphatic rings. The lowest BCUT2D eigenvalue weighted by atomic mass is 10.3. The van der Waals surface area contributed by atoms with Crippen molar-refractivity contribution in [1.82, 2.24) is 0 Å². The van der Waals surface area contributed by atoms with Crippen molar-refractivity contribution in [2.24, 2.45) is 0 Å². The highest BCUT2D eigenvalue weighted by Crippen LogP contribution is 2.35. The van der Waals surface area contributed by atoms with Crippen molar-refractivity contribution in [1.29, 1.82) is 0 Å². The Bertz CT molecular complexity index is 585. The highest BCUT2D eigenvalue weighted by Gasteiger charge is 2.09. The molecule has 6 heteroatoms. The van der Waals surface area contributed by atoms with Gasteiger partial charge in [-0.2, -0.15) is 0 Å². The predicted molar refractivity (Wildman–Crippen MR) is 67.3 cm³/mol. The summed E-state index contributed by atoms with van der Waals surface area (Å²) in [5.74, 6) is -1.33. The van der Waals surface area contributed by atoms with Gasteiger partial charge in [0.05, 0.1) is 15.7 Å². The maximum absolute atomic E-state index is 13.0. The van der Waals surface area contributed by atoms with Crippen molar-refractivity contribution in [3.05, 3.63) is 52.0 Å². The highest BCUT2D eigenvalue weighted by atomic mass is 35.5. The van der Waals surface area contributed by atoms with Crippen molar-refractivity contribution in [3.63, 3.8) is 0 Å². The molecule has 0 bridgehead atoms.